The summed E-state index contributed by atoms with van der Waals surface area (Å²) in [6, 6.07) is 14.6. The summed E-state index contributed by atoms with van der Waals surface area (Å²) in [5.41, 5.74) is 4.00. The lowest BCUT2D eigenvalue weighted by atomic mass is 10.2. The molecule has 0 spiro atoms. The number of nitriles is 1. The number of anilines is 4. The second-order valence-electron chi connectivity index (χ2n) is 7.73. The van der Waals surface area contributed by atoms with E-state index in [0.29, 0.717) is 32.4 Å². The molecule has 0 saturated heterocycles. The molecule has 0 fully saturated rings. The van der Waals surface area contributed by atoms with E-state index in [1.807, 2.05) is 24.5 Å². The first kappa shape index (κ1) is 22.8. The van der Waals surface area contributed by atoms with Gasteiger partial charge in [-0.3, -0.25) is 0 Å². The predicted octanol–water partition coefficient (Wildman–Crippen LogP) is 6.65. The van der Waals surface area contributed by atoms with Gasteiger partial charge in [-0.15, -0.1) is 0 Å². The van der Waals surface area contributed by atoms with Gasteiger partial charge >= 0.3 is 0 Å². The Morgan fingerprint density at radius 2 is 1.91 bits per heavy atom. The second-order valence-corrected chi connectivity index (χ2v) is 9.14. The van der Waals surface area contributed by atoms with E-state index >= 15 is 0 Å². The normalized spacial score (nSPS) is 10.9. The summed E-state index contributed by atoms with van der Waals surface area (Å²) in [6.07, 6.45) is 6.16. The molecule has 0 bridgehead atoms. The van der Waals surface area contributed by atoms with Crippen molar-refractivity contribution < 1.29 is 4.39 Å². The molecule has 0 aliphatic rings. The van der Waals surface area contributed by atoms with Crippen LogP contribution in [-0.4, -0.2) is 19.5 Å². The van der Waals surface area contributed by atoms with Crippen LogP contribution in [0.5, 0.6) is 0 Å². The highest BCUT2D eigenvalue weighted by atomic mass is 35.5. The van der Waals surface area contributed by atoms with Gasteiger partial charge in [0, 0.05) is 42.9 Å². The molecule has 0 radical (unpaired) electrons. The smallest absolute Gasteiger partial charge is 0.189 e. The highest BCUT2D eigenvalue weighted by Gasteiger charge is 2.15. The molecule has 0 saturated carbocycles. The molecule has 0 unspecified atom stereocenters. The molecule has 0 amide bonds. The third kappa shape index (κ3) is 4.80. The summed E-state index contributed by atoms with van der Waals surface area (Å²) in [6.45, 7) is 2.85. The number of nitrogens with one attached hydrogen (secondary N) is 2. The van der Waals surface area contributed by atoms with Gasteiger partial charge in [-0.05, 0) is 35.9 Å². The molecule has 2 aromatic carbocycles. The van der Waals surface area contributed by atoms with Gasteiger partial charge in [0.05, 0.1) is 16.3 Å². The molecule has 5 aromatic rings. The topological polar surface area (TPSA) is 91.5 Å². The van der Waals surface area contributed by atoms with Crippen LogP contribution in [0.15, 0.2) is 61.1 Å². The highest BCUT2D eigenvalue weighted by molar-refractivity contribution is 7.22. The van der Waals surface area contributed by atoms with E-state index in [1.165, 1.54) is 29.7 Å². The fraction of sp³-hybridized carbons (Fsp3) is 0.120. The Kier molecular flexibility index (Phi) is 6.31. The Morgan fingerprint density at radius 1 is 1.11 bits per heavy atom. The average molecular weight is 504 g/mol. The summed E-state index contributed by atoms with van der Waals surface area (Å²) in [7, 11) is 0. The van der Waals surface area contributed by atoms with Gasteiger partial charge in [0.1, 0.15) is 22.4 Å². The first-order valence-corrected chi connectivity index (χ1v) is 12.0. The van der Waals surface area contributed by atoms with Crippen molar-refractivity contribution in [3.05, 3.63) is 88.8 Å². The van der Waals surface area contributed by atoms with E-state index in [9.17, 15) is 9.65 Å². The summed E-state index contributed by atoms with van der Waals surface area (Å²) < 4.78 is 16.4. The maximum absolute atomic E-state index is 13.6. The zero-order valence-corrected chi connectivity index (χ0v) is 20.2. The van der Waals surface area contributed by atoms with Crippen LogP contribution >= 0.6 is 22.9 Å². The van der Waals surface area contributed by atoms with Crippen LogP contribution in [-0.2, 0) is 13.0 Å². The fourth-order valence-corrected chi connectivity index (χ4v) is 4.80. The number of benzene rings is 2. The van der Waals surface area contributed by atoms with Crippen LogP contribution in [0.2, 0.25) is 5.02 Å². The van der Waals surface area contributed by atoms with E-state index in [0.717, 1.165) is 30.0 Å². The number of aromatic nitrogens is 4. The van der Waals surface area contributed by atoms with Crippen molar-refractivity contribution in [1.29, 1.82) is 5.26 Å². The zero-order chi connectivity index (χ0) is 24.4. The number of nitrogens with zero attached hydrogens (tertiary/aromatic N) is 5. The molecular weight excluding hydrogens is 485 g/mol. The summed E-state index contributed by atoms with van der Waals surface area (Å²) in [5, 5.41) is 16.7. The van der Waals surface area contributed by atoms with Crippen molar-refractivity contribution in [2.45, 2.75) is 19.9 Å². The third-order valence-electron chi connectivity index (χ3n) is 5.41. The molecule has 174 valence electrons. The van der Waals surface area contributed by atoms with Crippen LogP contribution < -0.4 is 10.6 Å². The Morgan fingerprint density at radius 3 is 2.66 bits per heavy atom. The van der Waals surface area contributed by atoms with Gasteiger partial charge in [0.15, 0.2) is 10.8 Å². The van der Waals surface area contributed by atoms with E-state index in [1.54, 1.807) is 6.07 Å². The van der Waals surface area contributed by atoms with E-state index in [2.05, 4.69) is 55.3 Å². The number of thiazole rings is 1. The maximum Gasteiger partial charge on any atom is 0.189 e. The minimum Gasteiger partial charge on any atom is -0.353 e. The largest absolute Gasteiger partial charge is 0.353 e. The molecule has 35 heavy (non-hydrogen) atoms. The van der Waals surface area contributed by atoms with Gasteiger partial charge in [-0.1, -0.05) is 42.0 Å². The molecule has 0 aliphatic heterocycles. The number of rotatable bonds is 7. The molecule has 7 nitrogen and oxygen atoms in total. The Bertz CT molecular complexity index is 1550. The standard InChI is InChI=1S/C25H19ClFN7S/c1-2-21-29-9-10-34(21)14-15-3-5-17(6-4-15)32-25-33-24-23(35-25)22(16(12-28)13-30-24)31-18-7-8-20(27)19(26)11-18/h3-11,13H,2,14H2,1H3,(H2,30,31,32,33). The van der Waals surface area contributed by atoms with Crippen molar-refractivity contribution in [3.8, 4) is 6.07 Å². The number of halogens is 2. The highest BCUT2D eigenvalue weighted by Crippen LogP contribution is 2.36. The Labute approximate surface area is 209 Å². The molecule has 3 aromatic heterocycles. The number of fused-ring (bicyclic) bond motifs is 1. The summed E-state index contributed by atoms with van der Waals surface area (Å²) in [5.74, 6) is 0.543. The van der Waals surface area contributed by atoms with Gasteiger partial charge in [0.2, 0.25) is 0 Å². The lowest BCUT2D eigenvalue weighted by molar-refractivity contribution is 0.628. The van der Waals surface area contributed by atoms with Gasteiger partial charge in [0.25, 0.3) is 0 Å². The van der Waals surface area contributed by atoms with Crippen molar-refractivity contribution in [3.63, 3.8) is 0 Å². The van der Waals surface area contributed by atoms with Crippen LogP contribution in [0.1, 0.15) is 23.9 Å². The van der Waals surface area contributed by atoms with Gasteiger partial charge in [-0.2, -0.15) is 10.2 Å². The van der Waals surface area contributed by atoms with E-state index in [-0.39, 0.29) is 5.02 Å². The maximum atomic E-state index is 13.6. The Balaban J connectivity index is 1.39. The lowest BCUT2D eigenvalue weighted by Crippen LogP contribution is -2.03. The summed E-state index contributed by atoms with van der Waals surface area (Å²) in [4.78, 5) is 13.3. The Hall–Kier alpha value is -4.00. The minimum atomic E-state index is -0.510. The third-order valence-corrected chi connectivity index (χ3v) is 6.67. The van der Waals surface area contributed by atoms with Crippen LogP contribution in [0, 0.1) is 17.1 Å². The fourth-order valence-electron chi connectivity index (χ4n) is 3.67. The van der Waals surface area contributed by atoms with Crippen LogP contribution in [0.25, 0.3) is 10.3 Å². The average Bonchev–Trinajstić information content (AvgIpc) is 3.49. The molecule has 10 heteroatoms. The zero-order valence-electron chi connectivity index (χ0n) is 18.6. The van der Waals surface area contributed by atoms with Gasteiger partial charge in [-0.25, -0.2) is 14.4 Å². The molecule has 0 atom stereocenters. The van der Waals surface area contributed by atoms with E-state index in [4.69, 9.17) is 11.6 Å². The number of hydrogen-bond donors (Lipinski definition) is 2. The minimum absolute atomic E-state index is 0.00660. The number of pyridine rings is 1. The number of hydrogen-bond acceptors (Lipinski definition) is 7. The first-order chi connectivity index (χ1) is 17.0. The SMILES string of the molecule is CCc1nccn1Cc1ccc(Nc2nc3ncc(C#N)c(Nc4ccc(F)c(Cl)c4)c3s2)cc1. The second kappa shape index (κ2) is 9.70. The monoisotopic (exact) mass is 503 g/mol. The van der Waals surface area contributed by atoms with Crippen molar-refractivity contribution in [1.82, 2.24) is 19.5 Å². The molecule has 5 rings (SSSR count). The quantitative estimate of drug-likeness (QED) is 0.258. The predicted molar refractivity (Wildman–Crippen MR) is 137 cm³/mol. The molecular formula is C25H19ClFN7S. The summed E-state index contributed by atoms with van der Waals surface area (Å²) >= 11 is 7.29. The first-order valence-electron chi connectivity index (χ1n) is 10.8. The molecule has 2 N–H and O–H groups in total. The molecule has 3 heterocycles. The number of aryl methyl sites for hydroxylation is 1. The van der Waals surface area contributed by atoms with Crippen LogP contribution in [0.4, 0.5) is 26.6 Å². The lowest BCUT2D eigenvalue weighted by Gasteiger charge is -2.09. The van der Waals surface area contributed by atoms with E-state index < -0.39 is 5.82 Å². The van der Waals surface area contributed by atoms with Crippen LogP contribution in [0.3, 0.4) is 0 Å². The van der Waals surface area contributed by atoms with Crippen molar-refractivity contribution >= 4 is 55.5 Å². The van der Waals surface area contributed by atoms with Gasteiger partial charge < -0.3 is 15.2 Å². The van der Waals surface area contributed by atoms with Crippen molar-refractivity contribution in [2.75, 3.05) is 10.6 Å². The van der Waals surface area contributed by atoms with Crippen molar-refractivity contribution in [2.24, 2.45) is 0 Å². The molecule has 0 aliphatic carbocycles. The number of imidazole rings is 1.